The largest absolute Gasteiger partial charge is 0.467 e. The zero-order valence-electron chi connectivity index (χ0n) is 28.5. The Balaban J connectivity index is 0.000000428. The van der Waals surface area contributed by atoms with Gasteiger partial charge in [0.05, 0.1) is 54.1 Å². The van der Waals surface area contributed by atoms with Crippen molar-refractivity contribution in [2.75, 3.05) is 57.5 Å². The number of halogens is 6. The van der Waals surface area contributed by atoms with Gasteiger partial charge in [0.1, 0.15) is 17.7 Å². The fourth-order valence-corrected chi connectivity index (χ4v) is 7.34. The number of nitrogens with two attached hydrogens (primary N) is 2. The Morgan fingerprint density at radius 1 is 1.16 bits per heavy atom. The lowest BCUT2D eigenvalue weighted by Crippen LogP contribution is -2.36. The van der Waals surface area contributed by atoms with Crippen LogP contribution in [0, 0.1) is 5.82 Å². The molecule has 11 nitrogen and oxygen atoms in total. The topological polar surface area (TPSA) is 135 Å². The third kappa shape index (κ3) is 8.02. The molecule has 1 amide bonds. The number of aliphatic imine (C=N–C) groups is 1. The van der Waals surface area contributed by atoms with Gasteiger partial charge >= 0.3 is 12.2 Å². The SMILES string of the molecule is COc1nc2c(c(N3CCCN=C(/C(Cl)=C(\N)C(=O)N(C)C4CC4)C3)n1)COC(c1c(C(F)(F)F)ccc(N)c1F)C2.FC1CC2CCCN2C1. The van der Waals surface area contributed by atoms with E-state index in [1.807, 2.05) is 4.90 Å². The number of anilines is 2. The van der Waals surface area contributed by atoms with E-state index in [9.17, 15) is 22.4 Å². The number of ether oxygens (including phenoxy) is 2. The Bertz CT molecular complexity index is 1690. The van der Waals surface area contributed by atoms with Gasteiger partial charge in [-0.25, -0.2) is 8.78 Å². The van der Waals surface area contributed by atoms with E-state index in [0.29, 0.717) is 54.9 Å². The van der Waals surface area contributed by atoms with E-state index in [-0.39, 0.29) is 48.3 Å². The summed E-state index contributed by atoms with van der Waals surface area (Å²) in [7, 11) is 3.04. The van der Waals surface area contributed by atoms with Crippen molar-refractivity contribution in [3.8, 4) is 6.01 Å². The molecule has 5 aliphatic rings. The first-order valence-corrected chi connectivity index (χ1v) is 17.4. The van der Waals surface area contributed by atoms with Crippen LogP contribution in [0.2, 0.25) is 0 Å². The molecule has 51 heavy (non-hydrogen) atoms. The number of fused-ring (bicyclic) bond motifs is 2. The molecule has 0 bridgehead atoms. The Hall–Kier alpha value is -3.76. The molecule has 4 aliphatic heterocycles. The lowest BCUT2D eigenvalue weighted by atomic mass is 9.94. The van der Waals surface area contributed by atoms with Crippen molar-refractivity contribution in [2.24, 2.45) is 10.7 Å². The molecule has 3 fully saturated rings. The van der Waals surface area contributed by atoms with E-state index < -0.39 is 41.1 Å². The molecule has 7 rings (SSSR count). The van der Waals surface area contributed by atoms with E-state index >= 15 is 4.39 Å². The zero-order chi connectivity index (χ0) is 36.6. The summed E-state index contributed by atoms with van der Waals surface area (Å²) in [5.41, 5.74) is 10.6. The summed E-state index contributed by atoms with van der Waals surface area (Å²) >= 11 is 6.60. The average Bonchev–Trinajstić information content (AvgIpc) is 3.83. The smallest absolute Gasteiger partial charge is 0.416 e. The predicted octanol–water partition coefficient (Wildman–Crippen LogP) is 4.91. The minimum absolute atomic E-state index is 0.0291. The van der Waals surface area contributed by atoms with Crippen LogP contribution in [0.1, 0.15) is 67.0 Å². The fraction of sp³-hybridized carbons (Fsp3) is 0.588. The lowest BCUT2D eigenvalue weighted by molar-refractivity contribution is -0.140. The lowest BCUT2D eigenvalue weighted by Gasteiger charge is -2.31. The highest BCUT2D eigenvalue weighted by atomic mass is 35.5. The number of alkyl halides is 4. The number of rotatable bonds is 6. The molecule has 4 N–H and O–H groups in total. The number of carbonyl (C=O) groups is 1. The van der Waals surface area contributed by atoms with Crippen molar-refractivity contribution >= 4 is 34.7 Å². The first kappa shape index (κ1) is 37.0. The summed E-state index contributed by atoms with van der Waals surface area (Å²) in [5.74, 6) is -1.17. The normalized spacial score (nSPS) is 24.0. The maximum atomic E-state index is 15.0. The molecule has 1 aromatic carbocycles. The van der Waals surface area contributed by atoms with Crippen LogP contribution in [0.3, 0.4) is 0 Å². The van der Waals surface area contributed by atoms with E-state index in [2.05, 4.69) is 19.9 Å². The number of hydrogen-bond donors (Lipinski definition) is 2. The summed E-state index contributed by atoms with van der Waals surface area (Å²) in [5, 5.41) is 0.0439. The van der Waals surface area contributed by atoms with Gasteiger partial charge in [0.2, 0.25) is 0 Å². The third-order valence-electron chi connectivity index (χ3n) is 10.0. The van der Waals surface area contributed by atoms with Crippen LogP contribution in [0.5, 0.6) is 6.01 Å². The molecule has 0 spiro atoms. The van der Waals surface area contributed by atoms with E-state index in [1.54, 1.807) is 11.9 Å². The molecule has 17 heteroatoms. The molecule has 1 aromatic heterocycles. The number of benzene rings is 1. The number of carbonyl (C=O) groups excluding carboxylic acids is 1. The second-order valence-electron chi connectivity index (χ2n) is 13.5. The van der Waals surface area contributed by atoms with Crippen molar-refractivity contribution in [3.05, 3.63) is 51.1 Å². The van der Waals surface area contributed by atoms with E-state index in [0.717, 1.165) is 37.9 Å². The average molecular weight is 741 g/mol. The summed E-state index contributed by atoms with van der Waals surface area (Å²) in [6.07, 6.45) is -1.08. The molecule has 3 unspecified atom stereocenters. The van der Waals surface area contributed by atoms with Crippen molar-refractivity contribution in [2.45, 2.75) is 82.1 Å². The van der Waals surface area contributed by atoms with Crippen LogP contribution in [-0.2, 0) is 28.7 Å². The van der Waals surface area contributed by atoms with Gasteiger partial charge in [-0.15, -0.1) is 0 Å². The van der Waals surface area contributed by atoms with Gasteiger partial charge in [-0.05, 0) is 57.2 Å². The quantitative estimate of drug-likeness (QED) is 0.241. The third-order valence-corrected chi connectivity index (χ3v) is 10.4. The Labute approximate surface area is 297 Å². The second kappa shape index (κ2) is 15.1. The summed E-state index contributed by atoms with van der Waals surface area (Å²) < 4.78 is 80.1. The van der Waals surface area contributed by atoms with Gasteiger partial charge in [-0.1, -0.05) is 11.6 Å². The van der Waals surface area contributed by atoms with Crippen LogP contribution in [0.25, 0.3) is 0 Å². The van der Waals surface area contributed by atoms with Gasteiger partial charge in [0, 0.05) is 56.3 Å². The van der Waals surface area contributed by atoms with Crippen LogP contribution >= 0.6 is 11.6 Å². The van der Waals surface area contributed by atoms with Crippen LogP contribution in [-0.4, -0.2) is 96.5 Å². The van der Waals surface area contributed by atoms with Gasteiger partial charge in [-0.2, -0.15) is 23.1 Å². The van der Waals surface area contributed by atoms with E-state index in [1.165, 1.54) is 20.0 Å². The molecule has 278 valence electrons. The number of nitrogen functional groups attached to an aromatic ring is 1. The first-order chi connectivity index (χ1) is 24.3. The van der Waals surface area contributed by atoms with Crippen LogP contribution in [0.15, 0.2) is 27.9 Å². The Morgan fingerprint density at radius 2 is 1.92 bits per heavy atom. The highest BCUT2D eigenvalue weighted by molar-refractivity contribution is 6.45. The maximum absolute atomic E-state index is 15.0. The highest BCUT2D eigenvalue weighted by Gasteiger charge is 2.40. The predicted molar refractivity (Wildman–Crippen MR) is 182 cm³/mol. The van der Waals surface area contributed by atoms with Crippen molar-refractivity contribution in [1.29, 1.82) is 0 Å². The Kier molecular flexibility index (Phi) is 10.9. The molecule has 0 radical (unpaired) electrons. The number of nitrogens with zero attached hydrogens (tertiary/aromatic N) is 6. The Morgan fingerprint density at radius 3 is 2.61 bits per heavy atom. The number of likely N-dealkylation sites (N-methyl/N-ethyl adjacent to an activating group) is 1. The highest BCUT2D eigenvalue weighted by Crippen LogP contribution is 2.43. The molecule has 5 heterocycles. The van der Waals surface area contributed by atoms with Crippen molar-refractivity contribution in [3.63, 3.8) is 0 Å². The first-order valence-electron chi connectivity index (χ1n) is 17.1. The molecule has 1 aliphatic carbocycles. The monoisotopic (exact) mass is 740 g/mol. The minimum Gasteiger partial charge on any atom is -0.467 e. The van der Waals surface area contributed by atoms with Crippen molar-refractivity contribution in [1.82, 2.24) is 19.8 Å². The molecule has 3 atom stereocenters. The van der Waals surface area contributed by atoms with Crippen molar-refractivity contribution < 1.29 is 36.2 Å². The molecular formula is C34H42ClF5N8O3. The van der Waals surface area contributed by atoms with Gasteiger partial charge in [-0.3, -0.25) is 14.7 Å². The molecule has 1 saturated carbocycles. The zero-order valence-corrected chi connectivity index (χ0v) is 29.2. The van der Waals surface area contributed by atoms with Gasteiger partial charge in [0.15, 0.2) is 5.82 Å². The van der Waals surface area contributed by atoms with Crippen LogP contribution < -0.4 is 21.1 Å². The number of aromatic nitrogens is 2. The molecular weight excluding hydrogens is 699 g/mol. The fourth-order valence-electron chi connectivity index (χ4n) is 7.14. The molecule has 2 aromatic rings. The summed E-state index contributed by atoms with van der Waals surface area (Å²) in [6, 6.07) is 2.35. The van der Waals surface area contributed by atoms with Crippen LogP contribution in [0.4, 0.5) is 33.5 Å². The van der Waals surface area contributed by atoms with Gasteiger partial charge < -0.3 is 30.7 Å². The maximum Gasteiger partial charge on any atom is 0.416 e. The summed E-state index contributed by atoms with van der Waals surface area (Å²) in [6.45, 7) is 2.68. The number of hydrogen-bond acceptors (Lipinski definition) is 10. The minimum atomic E-state index is -4.83. The second-order valence-corrected chi connectivity index (χ2v) is 13.9. The number of amides is 1. The standard InChI is InChI=1S/C27H30ClF4N7O3.C7H12FN/c1-38(13-4-5-13)25(40)23(34)21(28)18-11-39(9-3-8-35-18)24-14-12-42-19(10-17(14)36-26(37-24)41-2)20-15(27(30,31)32)6-7-16(33)22(20)29;8-6-4-7-2-1-3-9(7)5-6/h6-7,13,19H,3-5,8-12,33-34H2,1-2H3;6-7H,1-5H2/b23-21+;. The summed E-state index contributed by atoms with van der Waals surface area (Å²) in [4.78, 5) is 32.0. The number of methoxy groups -OCH3 is 1. The van der Waals surface area contributed by atoms with E-state index in [4.69, 9.17) is 32.5 Å². The molecule has 2 saturated heterocycles. The van der Waals surface area contributed by atoms with Gasteiger partial charge in [0.25, 0.3) is 5.91 Å².